The molecule has 7 nitrogen and oxygen atoms in total. The molecule has 0 radical (unpaired) electrons. The molecule has 0 fully saturated rings. The van der Waals surface area contributed by atoms with Crippen molar-refractivity contribution in [3.05, 3.63) is 29.3 Å². The summed E-state index contributed by atoms with van der Waals surface area (Å²) in [5, 5.41) is 11.1. The minimum absolute atomic E-state index is 0.0989. The number of nitrogens with zero attached hydrogens (tertiary/aromatic N) is 3. The predicted molar refractivity (Wildman–Crippen MR) is 75.3 cm³/mol. The highest BCUT2D eigenvalue weighted by molar-refractivity contribution is 6.04. The van der Waals surface area contributed by atoms with Crippen LogP contribution >= 0.6 is 0 Å². The Morgan fingerprint density at radius 1 is 0.944 bits per heavy atom. The fraction of sp³-hybridized carbons (Fsp3) is 0.182. The van der Waals surface area contributed by atoms with Crippen LogP contribution in [0.4, 0.5) is 5.69 Å². The maximum absolute atomic E-state index is 5.81. The first-order chi connectivity index (χ1) is 8.43. The summed E-state index contributed by atoms with van der Waals surface area (Å²) in [4.78, 5) is 0. The van der Waals surface area contributed by atoms with Crippen LogP contribution in [0.3, 0.4) is 0 Å². The first-order valence-corrected chi connectivity index (χ1v) is 5.23. The van der Waals surface area contributed by atoms with Gasteiger partial charge in [0, 0.05) is 16.8 Å². The fourth-order valence-electron chi connectivity index (χ4n) is 1.33. The van der Waals surface area contributed by atoms with E-state index in [9.17, 15) is 0 Å². The Morgan fingerprint density at radius 2 is 1.50 bits per heavy atom. The number of anilines is 1. The Kier molecular flexibility index (Phi) is 4.25. The van der Waals surface area contributed by atoms with Gasteiger partial charge >= 0.3 is 0 Å². The van der Waals surface area contributed by atoms with Crippen molar-refractivity contribution in [2.75, 3.05) is 5.73 Å². The van der Waals surface area contributed by atoms with Crippen molar-refractivity contribution < 1.29 is 0 Å². The van der Waals surface area contributed by atoms with E-state index in [1.54, 1.807) is 26.0 Å². The molecule has 18 heavy (non-hydrogen) atoms. The van der Waals surface area contributed by atoms with E-state index in [0.717, 1.165) is 11.1 Å². The molecule has 0 aliphatic rings. The second-order valence-corrected chi connectivity index (χ2v) is 3.77. The van der Waals surface area contributed by atoms with E-state index in [1.807, 2.05) is 6.07 Å². The third kappa shape index (κ3) is 3.48. The molecule has 96 valence electrons. The van der Waals surface area contributed by atoms with Gasteiger partial charge in [-0.25, -0.2) is 0 Å². The molecule has 0 heterocycles. The Morgan fingerprint density at radius 3 is 2.00 bits per heavy atom. The molecule has 0 atom stereocenters. The zero-order chi connectivity index (χ0) is 13.7. The van der Waals surface area contributed by atoms with Crippen molar-refractivity contribution >= 4 is 23.1 Å². The van der Waals surface area contributed by atoms with Gasteiger partial charge in [0.05, 0.1) is 11.4 Å². The van der Waals surface area contributed by atoms with Gasteiger partial charge in [-0.2, -0.15) is 10.2 Å². The van der Waals surface area contributed by atoms with E-state index < -0.39 is 0 Å². The Balaban J connectivity index is 3.22. The van der Waals surface area contributed by atoms with E-state index >= 15 is 0 Å². The highest BCUT2D eigenvalue weighted by atomic mass is 15.3. The highest BCUT2D eigenvalue weighted by Crippen LogP contribution is 2.14. The summed E-state index contributed by atoms with van der Waals surface area (Å²) in [5.74, 6) is 5.14. The number of hydrogen-bond donors (Lipinski definition) is 4. The van der Waals surface area contributed by atoms with Crippen LogP contribution in [0.25, 0.3) is 0 Å². The summed E-state index contributed by atoms with van der Waals surface area (Å²) < 4.78 is 0. The molecule has 0 saturated heterocycles. The van der Waals surface area contributed by atoms with E-state index in [2.05, 4.69) is 15.3 Å². The molecule has 0 spiro atoms. The van der Waals surface area contributed by atoms with Gasteiger partial charge < -0.3 is 23.0 Å². The van der Waals surface area contributed by atoms with Gasteiger partial charge in [0.2, 0.25) is 5.96 Å². The van der Waals surface area contributed by atoms with Crippen molar-refractivity contribution in [1.82, 2.24) is 0 Å². The minimum atomic E-state index is -0.0989. The topological polar surface area (TPSA) is 141 Å². The number of nitrogens with two attached hydrogens (primary N) is 4. The van der Waals surface area contributed by atoms with Crippen LogP contribution in [-0.2, 0) is 0 Å². The zero-order valence-corrected chi connectivity index (χ0v) is 10.4. The Bertz CT molecular complexity index is 524. The van der Waals surface area contributed by atoms with Crippen LogP contribution < -0.4 is 23.0 Å². The second kappa shape index (κ2) is 5.67. The lowest BCUT2D eigenvalue weighted by molar-refractivity contribution is 1.19. The van der Waals surface area contributed by atoms with Crippen LogP contribution in [0.15, 0.2) is 33.5 Å². The smallest absolute Gasteiger partial charge is 0.211 e. The maximum atomic E-state index is 5.81. The first kappa shape index (κ1) is 13.5. The molecule has 8 N–H and O–H groups in total. The number of hydrogen-bond acceptors (Lipinski definition) is 5. The normalized spacial score (nSPS) is 12.3. The summed E-state index contributed by atoms with van der Waals surface area (Å²) >= 11 is 0. The molecule has 0 amide bonds. The summed E-state index contributed by atoms with van der Waals surface area (Å²) in [6.07, 6.45) is 0. The predicted octanol–water partition coefficient (Wildman–Crippen LogP) is -0.0511. The van der Waals surface area contributed by atoms with Crippen LogP contribution in [0.5, 0.6) is 0 Å². The number of hydrazone groups is 1. The lowest BCUT2D eigenvalue weighted by atomic mass is 10.0. The molecule has 0 aliphatic heterocycles. The monoisotopic (exact) mass is 247 g/mol. The number of benzene rings is 1. The number of rotatable bonds is 3. The van der Waals surface area contributed by atoms with Gasteiger partial charge in [-0.1, -0.05) is 0 Å². The summed E-state index contributed by atoms with van der Waals surface area (Å²) in [7, 11) is 0. The Hall–Kier alpha value is -2.57. The van der Waals surface area contributed by atoms with E-state index in [4.69, 9.17) is 23.0 Å². The molecule has 0 saturated carbocycles. The third-order valence-corrected chi connectivity index (χ3v) is 2.30. The number of guanidine groups is 1. The largest absolute Gasteiger partial charge is 0.399 e. The molecule has 1 aromatic rings. The fourth-order valence-corrected chi connectivity index (χ4v) is 1.33. The Labute approximate surface area is 105 Å². The number of nitrogen functional groups attached to an aromatic ring is 1. The van der Waals surface area contributed by atoms with Crippen molar-refractivity contribution in [2.24, 2.45) is 32.6 Å². The van der Waals surface area contributed by atoms with E-state index in [-0.39, 0.29) is 5.96 Å². The molecule has 0 aromatic heterocycles. The summed E-state index contributed by atoms with van der Waals surface area (Å²) in [5.41, 5.74) is 19.8. The molecule has 0 aliphatic carbocycles. The summed E-state index contributed by atoms with van der Waals surface area (Å²) in [6, 6.07) is 5.42. The van der Waals surface area contributed by atoms with Crippen LogP contribution in [0.1, 0.15) is 25.0 Å². The van der Waals surface area contributed by atoms with Gasteiger partial charge in [0.15, 0.2) is 0 Å². The summed E-state index contributed by atoms with van der Waals surface area (Å²) in [6.45, 7) is 3.57. The van der Waals surface area contributed by atoms with Crippen LogP contribution in [0, 0.1) is 0 Å². The lowest BCUT2D eigenvalue weighted by Crippen LogP contribution is -2.22. The molecular weight excluding hydrogens is 230 g/mol. The standard InChI is InChI=1S/C11H17N7/c1-6(16-15)8-3-9(5-10(12)4-8)7(2)17-18-11(13)14/h3-5H,12,15H2,1-2H3,(H4,13,14,18)/b16-6-,17-7-. The lowest BCUT2D eigenvalue weighted by Gasteiger charge is -2.06. The molecule has 0 bridgehead atoms. The minimum Gasteiger partial charge on any atom is -0.399 e. The van der Waals surface area contributed by atoms with Gasteiger partial charge in [-0.15, -0.1) is 5.10 Å². The molecular formula is C11H17N7. The molecule has 1 aromatic carbocycles. The maximum Gasteiger partial charge on any atom is 0.211 e. The third-order valence-electron chi connectivity index (χ3n) is 2.30. The quantitative estimate of drug-likeness (QED) is 0.195. The van der Waals surface area contributed by atoms with E-state index in [0.29, 0.717) is 17.1 Å². The van der Waals surface area contributed by atoms with Gasteiger partial charge in [-0.3, -0.25) is 0 Å². The van der Waals surface area contributed by atoms with Gasteiger partial charge in [0.1, 0.15) is 0 Å². The van der Waals surface area contributed by atoms with Gasteiger partial charge in [-0.05, 0) is 32.0 Å². The molecule has 0 unspecified atom stereocenters. The van der Waals surface area contributed by atoms with Crippen molar-refractivity contribution in [3.63, 3.8) is 0 Å². The SMILES string of the molecule is C/C(=N/N)c1cc(N)cc(/C(C)=N\N=C(N)N)c1. The first-order valence-electron chi connectivity index (χ1n) is 5.23. The molecule has 7 heteroatoms. The van der Waals surface area contributed by atoms with E-state index in [1.165, 1.54) is 0 Å². The van der Waals surface area contributed by atoms with Crippen LogP contribution in [-0.4, -0.2) is 17.4 Å². The van der Waals surface area contributed by atoms with Crippen molar-refractivity contribution in [3.8, 4) is 0 Å². The van der Waals surface area contributed by atoms with Crippen molar-refractivity contribution in [1.29, 1.82) is 0 Å². The molecule has 1 rings (SSSR count). The second-order valence-electron chi connectivity index (χ2n) is 3.77. The van der Waals surface area contributed by atoms with Gasteiger partial charge in [0.25, 0.3) is 0 Å². The average molecular weight is 247 g/mol. The van der Waals surface area contributed by atoms with Crippen LogP contribution in [0.2, 0.25) is 0 Å². The van der Waals surface area contributed by atoms with Crippen molar-refractivity contribution in [2.45, 2.75) is 13.8 Å². The highest BCUT2D eigenvalue weighted by Gasteiger charge is 2.04. The average Bonchev–Trinajstić information content (AvgIpc) is 2.34. The zero-order valence-electron chi connectivity index (χ0n) is 10.4.